The summed E-state index contributed by atoms with van der Waals surface area (Å²) in [6, 6.07) is 60.0. The lowest BCUT2D eigenvalue weighted by Crippen LogP contribution is -2.05. The average molecular weight is 613 g/mol. The molecule has 0 saturated heterocycles. The number of benzene rings is 7. The minimum absolute atomic E-state index is 0.650. The number of fused-ring (bicyclic) bond motifs is 8. The fraction of sp³-hybridized carbons (Fsp3) is 0. The van der Waals surface area contributed by atoms with Crippen molar-refractivity contribution in [2.24, 2.45) is 0 Å². The highest BCUT2D eigenvalue weighted by atomic mass is 15.2. The maximum Gasteiger partial charge on any atom is 0.235 e. The Hall–Kier alpha value is -6.52. The maximum absolute atomic E-state index is 5.40. The van der Waals surface area contributed by atoms with Gasteiger partial charge in [0.05, 0.1) is 33.3 Å². The van der Waals surface area contributed by atoms with Crippen LogP contribution < -0.4 is 0 Å². The average Bonchev–Trinajstić information content (AvgIpc) is 3.68. The van der Waals surface area contributed by atoms with Crippen LogP contribution in [0.1, 0.15) is 0 Å². The van der Waals surface area contributed by atoms with E-state index >= 15 is 0 Å². The van der Waals surface area contributed by atoms with Gasteiger partial charge in [-0.25, -0.2) is 9.97 Å². The van der Waals surface area contributed by atoms with Gasteiger partial charge in [0.25, 0.3) is 0 Å². The molecule has 224 valence electrons. The molecule has 3 aromatic heterocycles. The molecule has 0 aliphatic carbocycles. The predicted molar refractivity (Wildman–Crippen MR) is 199 cm³/mol. The highest BCUT2D eigenvalue weighted by molar-refractivity contribution is 6.28. The molecule has 0 N–H and O–H groups in total. The molecule has 0 aliphatic rings. The lowest BCUT2D eigenvalue weighted by Gasteiger charge is -2.15. The number of nitrogens with zero attached hydrogens (tertiary/aromatic N) is 4. The van der Waals surface area contributed by atoms with Gasteiger partial charge in [-0.15, -0.1) is 0 Å². The first kappa shape index (κ1) is 26.7. The Labute approximate surface area is 276 Å². The van der Waals surface area contributed by atoms with Gasteiger partial charge >= 0.3 is 0 Å². The van der Waals surface area contributed by atoms with E-state index in [2.05, 4.69) is 173 Å². The fourth-order valence-electron chi connectivity index (χ4n) is 7.48. The molecule has 10 aromatic rings. The smallest absolute Gasteiger partial charge is 0.235 e. The normalized spacial score (nSPS) is 11.8. The number of para-hydroxylation sites is 4. The van der Waals surface area contributed by atoms with Crippen LogP contribution in [-0.2, 0) is 0 Å². The summed E-state index contributed by atoms with van der Waals surface area (Å²) in [5, 5.41) is 5.77. The fourth-order valence-corrected chi connectivity index (χ4v) is 7.48. The zero-order chi connectivity index (χ0) is 31.6. The lowest BCUT2D eigenvalue weighted by molar-refractivity contribution is 1.01. The number of hydrogen-bond donors (Lipinski definition) is 0. The summed E-state index contributed by atoms with van der Waals surface area (Å²) in [7, 11) is 0. The van der Waals surface area contributed by atoms with Crippen LogP contribution in [0.5, 0.6) is 0 Å². The predicted octanol–water partition coefficient (Wildman–Crippen LogP) is 11.2. The van der Waals surface area contributed by atoms with Crippen molar-refractivity contribution in [3.63, 3.8) is 0 Å². The molecular formula is C44H28N4. The van der Waals surface area contributed by atoms with Crippen molar-refractivity contribution in [1.82, 2.24) is 19.1 Å². The SMILES string of the molecule is c1ccc(-c2nc(-n3c4ccccc4c4cc(-c5ccccc5)c5c6ccccc6n(-c6ccccc6)c5c43)nc3ccccc23)cc1. The van der Waals surface area contributed by atoms with Crippen LogP contribution in [0.25, 0.3) is 88.5 Å². The van der Waals surface area contributed by atoms with Crippen molar-refractivity contribution in [2.75, 3.05) is 0 Å². The molecule has 0 amide bonds. The second kappa shape index (κ2) is 10.5. The van der Waals surface area contributed by atoms with E-state index in [1.165, 1.54) is 21.9 Å². The van der Waals surface area contributed by atoms with E-state index < -0.39 is 0 Å². The quantitative estimate of drug-likeness (QED) is 0.198. The molecule has 0 fully saturated rings. The largest absolute Gasteiger partial charge is 0.307 e. The van der Waals surface area contributed by atoms with Crippen LogP contribution >= 0.6 is 0 Å². The van der Waals surface area contributed by atoms with Crippen LogP contribution in [0.3, 0.4) is 0 Å². The summed E-state index contributed by atoms with van der Waals surface area (Å²) in [5.41, 5.74) is 10.8. The Balaban J connectivity index is 1.46. The second-order valence-electron chi connectivity index (χ2n) is 12.2. The molecular weight excluding hydrogens is 585 g/mol. The minimum atomic E-state index is 0.650. The number of hydrogen-bond acceptors (Lipinski definition) is 2. The summed E-state index contributed by atoms with van der Waals surface area (Å²) in [5.74, 6) is 0.650. The summed E-state index contributed by atoms with van der Waals surface area (Å²) in [4.78, 5) is 10.7. The monoisotopic (exact) mass is 612 g/mol. The second-order valence-corrected chi connectivity index (χ2v) is 12.2. The van der Waals surface area contributed by atoms with Gasteiger partial charge in [-0.1, -0.05) is 133 Å². The molecule has 48 heavy (non-hydrogen) atoms. The Morgan fingerprint density at radius 2 is 0.958 bits per heavy atom. The number of rotatable bonds is 4. The summed E-state index contributed by atoms with van der Waals surface area (Å²) in [6.07, 6.45) is 0. The van der Waals surface area contributed by atoms with Crippen LogP contribution in [0.4, 0.5) is 0 Å². The summed E-state index contributed by atoms with van der Waals surface area (Å²) in [6.45, 7) is 0. The van der Waals surface area contributed by atoms with Crippen LogP contribution in [0.2, 0.25) is 0 Å². The van der Waals surface area contributed by atoms with Crippen molar-refractivity contribution in [1.29, 1.82) is 0 Å². The van der Waals surface area contributed by atoms with E-state index in [1.54, 1.807) is 0 Å². The molecule has 0 unspecified atom stereocenters. The number of aromatic nitrogens is 4. The van der Waals surface area contributed by atoms with E-state index in [0.29, 0.717) is 5.95 Å². The van der Waals surface area contributed by atoms with Crippen LogP contribution in [0.15, 0.2) is 170 Å². The standard InChI is InChI=1S/C44H28N4/c1-4-16-29(17-5-1)35-28-36-32-22-11-14-26-38(32)48(44-45-37-25-13-10-23-33(37)41(46-44)30-18-6-2-7-19-30)42(36)43-40(35)34-24-12-15-27-39(34)47(43)31-20-8-3-9-21-31/h1-28H. The molecule has 0 bridgehead atoms. The molecule has 10 rings (SSSR count). The van der Waals surface area contributed by atoms with Gasteiger partial charge in [0, 0.05) is 38.2 Å². The van der Waals surface area contributed by atoms with E-state index in [4.69, 9.17) is 9.97 Å². The zero-order valence-corrected chi connectivity index (χ0v) is 26.0. The molecule has 3 heterocycles. The van der Waals surface area contributed by atoms with E-state index in [9.17, 15) is 0 Å². The first-order valence-electron chi connectivity index (χ1n) is 16.3. The molecule has 4 heteroatoms. The first-order chi connectivity index (χ1) is 23.8. The molecule has 0 spiro atoms. The third-order valence-electron chi connectivity index (χ3n) is 9.51. The van der Waals surface area contributed by atoms with Crippen LogP contribution in [-0.4, -0.2) is 19.1 Å². The van der Waals surface area contributed by atoms with Crippen molar-refractivity contribution in [2.45, 2.75) is 0 Å². The molecule has 0 saturated carbocycles. The van der Waals surface area contributed by atoms with Crippen LogP contribution in [0, 0.1) is 0 Å². The molecule has 0 radical (unpaired) electrons. The van der Waals surface area contributed by atoms with Crippen molar-refractivity contribution < 1.29 is 0 Å². The maximum atomic E-state index is 5.40. The Kier molecular flexibility index (Phi) is 5.84. The van der Waals surface area contributed by atoms with Crippen molar-refractivity contribution >= 4 is 54.5 Å². The highest BCUT2D eigenvalue weighted by Crippen LogP contribution is 2.46. The van der Waals surface area contributed by atoms with Gasteiger partial charge < -0.3 is 4.57 Å². The summed E-state index contributed by atoms with van der Waals surface area (Å²) >= 11 is 0. The van der Waals surface area contributed by atoms with E-state index in [-0.39, 0.29) is 0 Å². The van der Waals surface area contributed by atoms with E-state index in [0.717, 1.165) is 60.7 Å². The van der Waals surface area contributed by atoms with Crippen molar-refractivity contribution in [3.05, 3.63) is 170 Å². The third-order valence-corrected chi connectivity index (χ3v) is 9.51. The highest BCUT2D eigenvalue weighted by Gasteiger charge is 2.25. The van der Waals surface area contributed by atoms with Gasteiger partial charge in [0.2, 0.25) is 5.95 Å². The lowest BCUT2D eigenvalue weighted by atomic mass is 9.96. The minimum Gasteiger partial charge on any atom is -0.307 e. The van der Waals surface area contributed by atoms with Crippen molar-refractivity contribution in [3.8, 4) is 34.0 Å². The Morgan fingerprint density at radius 3 is 1.69 bits per heavy atom. The van der Waals surface area contributed by atoms with Gasteiger partial charge in [-0.3, -0.25) is 4.57 Å². The van der Waals surface area contributed by atoms with Gasteiger partial charge in [-0.05, 0) is 47.5 Å². The van der Waals surface area contributed by atoms with E-state index in [1.807, 2.05) is 6.07 Å². The first-order valence-corrected chi connectivity index (χ1v) is 16.3. The third kappa shape index (κ3) is 3.90. The molecule has 0 atom stereocenters. The molecule has 0 aliphatic heterocycles. The zero-order valence-electron chi connectivity index (χ0n) is 26.0. The molecule has 7 aromatic carbocycles. The molecule has 4 nitrogen and oxygen atoms in total. The van der Waals surface area contributed by atoms with Gasteiger partial charge in [0.15, 0.2) is 0 Å². The Bertz CT molecular complexity index is 2810. The van der Waals surface area contributed by atoms with Gasteiger partial charge in [-0.2, -0.15) is 0 Å². The summed E-state index contributed by atoms with van der Waals surface area (Å²) < 4.78 is 4.72. The van der Waals surface area contributed by atoms with Gasteiger partial charge in [0.1, 0.15) is 0 Å². The topological polar surface area (TPSA) is 35.6 Å². The Morgan fingerprint density at radius 1 is 0.396 bits per heavy atom.